The molecule has 1 aliphatic carbocycles. The number of nitrogens with zero attached hydrogens (tertiary/aromatic N) is 2. The number of piperidine rings is 1. The van der Waals surface area contributed by atoms with E-state index in [9.17, 15) is 21.6 Å². The van der Waals surface area contributed by atoms with Crippen molar-refractivity contribution in [2.45, 2.75) is 51.5 Å². The molecule has 1 saturated heterocycles. The first-order valence-corrected chi connectivity index (χ1v) is 15.6. The fourth-order valence-electron chi connectivity index (χ4n) is 4.65. The molecule has 0 bridgehead atoms. The van der Waals surface area contributed by atoms with Gasteiger partial charge in [-0.1, -0.05) is 26.8 Å². The molecular weight excluding hydrogens is 500 g/mol. The Morgan fingerprint density at radius 3 is 2.28 bits per heavy atom. The molecule has 11 heteroatoms. The van der Waals surface area contributed by atoms with Crippen LogP contribution < -0.4 is 14.9 Å². The Morgan fingerprint density at radius 2 is 1.69 bits per heavy atom. The molecule has 1 aliphatic heterocycles. The van der Waals surface area contributed by atoms with Gasteiger partial charge in [0.2, 0.25) is 10.0 Å². The summed E-state index contributed by atoms with van der Waals surface area (Å²) in [4.78, 5) is 19.7. The molecular formula is C25H34N4O5S2. The molecule has 9 nitrogen and oxygen atoms in total. The van der Waals surface area contributed by atoms with E-state index in [-0.39, 0.29) is 16.6 Å². The van der Waals surface area contributed by atoms with E-state index in [0.29, 0.717) is 22.4 Å². The van der Waals surface area contributed by atoms with Crippen molar-refractivity contribution in [2.24, 2.45) is 10.8 Å². The predicted molar refractivity (Wildman–Crippen MR) is 142 cm³/mol. The number of amides is 1. The summed E-state index contributed by atoms with van der Waals surface area (Å²) in [5.41, 5.74) is 1.37. The van der Waals surface area contributed by atoms with Crippen molar-refractivity contribution >= 4 is 43.0 Å². The molecule has 1 aromatic heterocycles. The molecule has 1 saturated carbocycles. The lowest BCUT2D eigenvalue weighted by atomic mass is 9.93. The Balaban J connectivity index is 1.61. The fraction of sp³-hybridized carbons (Fsp3) is 0.520. The molecule has 2 aromatic rings. The topological polar surface area (TPSA) is 126 Å². The molecule has 2 aliphatic rings. The molecule has 0 radical (unpaired) electrons. The third-order valence-corrected chi connectivity index (χ3v) is 9.29. The molecule has 2 N–H and O–H groups in total. The molecule has 4 rings (SSSR count). The van der Waals surface area contributed by atoms with Crippen LogP contribution in [0.1, 0.15) is 56.8 Å². The molecule has 2 fully saturated rings. The SMILES string of the molecule is CC(C)(C)CS(=O)(=O)c1cccc(NC(=O)c2ccc(NS(C)(=O)=O)cc2N2CCC3(CC2)CC3)n1. The van der Waals surface area contributed by atoms with Crippen LogP contribution in [0.2, 0.25) is 0 Å². The number of hydrogen-bond acceptors (Lipinski definition) is 7. The van der Waals surface area contributed by atoms with E-state index in [4.69, 9.17) is 0 Å². The van der Waals surface area contributed by atoms with Gasteiger partial charge in [-0.25, -0.2) is 21.8 Å². The lowest BCUT2D eigenvalue weighted by molar-refractivity contribution is 0.102. The number of aromatic nitrogens is 1. The largest absolute Gasteiger partial charge is 0.371 e. The molecule has 0 atom stereocenters. The van der Waals surface area contributed by atoms with E-state index in [1.807, 2.05) is 20.8 Å². The highest BCUT2D eigenvalue weighted by Gasteiger charge is 2.44. The number of rotatable bonds is 7. The highest BCUT2D eigenvalue weighted by Crippen LogP contribution is 2.54. The van der Waals surface area contributed by atoms with Gasteiger partial charge < -0.3 is 10.2 Å². The van der Waals surface area contributed by atoms with Crippen LogP contribution in [-0.4, -0.2) is 52.8 Å². The Kier molecular flexibility index (Phi) is 6.85. The predicted octanol–water partition coefficient (Wildman–Crippen LogP) is 3.91. The second kappa shape index (κ2) is 9.33. The minimum absolute atomic E-state index is 0.0696. The molecule has 36 heavy (non-hydrogen) atoms. The summed E-state index contributed by atoms with van der Waals surface area (Å²) in [7, 11) is -7.11. The second-order valence-electron chi connectivity index (χ2n) is 11.2. The van der Waals surface area contributed by atoms with Crippen molar-refractivity contribution in [1.82, 2.24) is 4.98 Å². The van der Waals surface area contributed by atoms with Gasteiger partial charge in [0.05, 0.1) is 28.9 Å². The monoisotopic (exact) mass is 534 g/mol. The number of nitrogens with one attached hydrogen (secondary N) is 2. The first kappa shape index (κ1) is 26.4. The normalized spacial score (nSPS) is 17.6. The minimum atomic E-state index is -3.63. The number of sulfone groups is 1. The van der Waals surface area contributed by atoms with E-state index in [0.717, 1.165) is 32.2 Å². The minimum Gasteiger partial charge on any atom is -0.371 e. The van der Waals surface area contributed by atoms with Crippen LogP contribution in [0.25, 0.3) is 0 Å². The lowest BCUT2D eigenvalue weighted by Crippen LogP contribution is -2.35. The first-order chi connectivity index (χ1) is 16.6. The van der Waals surface area contributed by atoms with Crippen LogP contribution in [0.3, 0.4) is 0 Å². The average molecular weight is 535 g/mol. The van der Waals surface area contributed by atoms with Crippen molar-refractivity contribution in [3.8, 4) is 0 Å². The van der Waals surface area contributed by atoms with Gasteiger partial charge in [-0.2, -0.15) is 0 Å². The highest BCUT2D eigenvalue weighted by molar-refractivity contribution is 7.92. The Morgan fingerprint density at radius 1 is 1.03 bits per heavy atom. The van der Waals surface area contributed by atoms with E-state index >= 15 is 0 Å². The number of pyridine rings is 1. The summed E-state index contributed by atoms with van der Waals surface area (Å²) in [6.07, 6.45) is 5.63. The Hall–Kier alpha value is -2.66. The number of carbonyl (C=O) groups is 1. The van der Waals surface area contributed by atoms with E-state index in [1.165, 1.54) is 18.9 Å². The zero-order chi connectivity index (χ0) is 26.4. The lowest BCUT2D eigenvalue weighted by Gasteiger charge is -2.35. The third-order valence-electron chi connectivity index (χ3n) is 6.57. The van der Waals surface area contributed by atoms with E-state index in [2.05, 4.69) is 19.9 Å². The van der Waals surface area contributed by atoms with Crippen LogP contribution in [0.4, 0.5) is 17.2 Å². The maximum atomic E-state index is 13.3. The molecule has 1 aromatic carbocycles. The smallest absolute Gasteiger partial charge is 0.258 e. The van der Waals surface area contributed by atoms with Gasteiger partial charge in [-0.15, -0.1) is 0 Å². The van der Waals surface area contributed by atoms with Gasteiger partial charge in [0.1, 0.15) is 5.82 Å². The van der Waals surface area contributed by atoms with Gasteiger partial charge in [-0.05, 0) is 66.8 Å². The van der Waals surface area contributed by atoms with Crippen molar-refractivity contribution < 1.29 is 21.6 Å². The number of sulfonamides is 1. The highest BCUT2D eigenvalue weighted by atomic mass is 32.2. The van der Waals surface area contributed by atoms with Crippen LogP contribution >= 0.6 is 0 Å². The quantitative estimate of drug-likeness (QED) is 0.552. The summed E-state index contributed by atoms with van der Waals surface area (Å²) >= 11 is 0. The summed E-state index contributed by atoms with van der Waals surface area (Å²) in [6, 6.07) is 9.33. The molecule has 1 amide bonds. The number of carbonyl (C=O) groups excluding carboxylic acids is 1. The summed E-state index contributed by atoms with van der Waals surface area (Å²) in [5, 5.41) is 2.64. The van der Waals surface area contributed by atoms with Crippen molar-refractivity contribution in [3.63, 3.8) is 0 Å². The number of anilines is 3. The molecule has 196 valence electrons. The molecule has 0 unspecified atom stereocenters. The number of benzene rings is 1. The molecule has 1 spiro atoms. The van der Waals surface area contributed by atoms with E-state index in [1.54, 1.807) is 30.3 Å². The summed E-state index contributed by atoms with van der Waals surface area (Å²) < 4.78 is 51.6. The van der Waals surface area contributed by atoms with Crippen LogP contribution in [0.15, 0.2) is 41.4 Å². The third kappa shape index (κ3) is 6.56. The van der Waals surface area contributed by atoms with Crippen molar-refractivity contribution in [3.05, 3.63) is 42.0 Å². The summed E-state index contributed by atoms with van der Waals surface area (Å²) in [6.45, 7) is 7.08. The zero-order valence-corrected chi connectivity index (χ0v) is 22.8. The average Bonchev–Trinajstić information content (AvgIpc) is 3.50. The van der Waals surface area contributed by atoms with Crippen LogP contribution in [-0.2, 0) is 19.9 Å². The van der Waals surface area contributed by atoms with Gasteiger partial charge in [0.15, 0.2) is 14.9 Å². The fourth-order valence-corrected chi connectivity index (χ4v) is 7.01. The van der Waals surface area contributed by atoms with Crippen LogP contribution in [0.5, 0.6) is 0 Å². The van der Waals surface area contributed by atoms with Gasteiger partial charge in [-0.3, -0.25) is 9.52 Å². The number of hydrogen-bond donors (Lipinski definition) is 2. The molecule has 2 heterocycles. The Labute approximate surface area is 213 Å². The van der Waals surface area contributed by atoms with Gasteiger partial charge in [0.25, 0.3) is 5.91 Å². The van der Waals surface area contributed by atoms with Crippen molar-refractivity contribution in [1.29, 1.82) is 0 Å². The zero-order valence-electron chi connectivity index (χ0n) is 21.2. The maximum absolute atomic E-state index is 13.3. The Bertz CT molecular complexity index is 1370. The van der Waals surface area contributed by atoms with Gasteiger partial charge >= 0.3 is 0 Å². The van der Waals surface area contributed by atoms with Crippen molar-refractivity contribution in [2.75, 3.05) is 40.0 Å². The maximum Gasteiger partial charge on any atom is 0.258 e. The van der Waals surface area contributed by atoms with E-state index < -0.39 is 31.2 Å². The first-order valence-electron chi connectivity index (χ1n) is 12.0. The summed E-state index contributed by atoms with van der Waals surface area (Å²) in [5.74, 6) is -0.380. The van der Waals surface area contributed by atoms with Gasteiger partial charge in [0, 0.05) is 13.1 Å². The van der Waals surface area contributed by atoms with Crippen LogP contribution in [0, 0.1) is 10.8 Å². The standard InChI is InChI=1S/C25H34N4O5S2/c1-24(2,3)17-36(33,34)22-7-5-6-21(26-22)27-23(30)19-9-8-18(28-35(4,31)32)16-20(19)29-14-12-25(10-11-25)13-15-29/h5-9,16,28H,10-15,17H2,1-4H3,(H,26,27,30). The second-order valence-corrected chi connectivity index (χ2v) is 14.9.